The minimum Gasteiger partial charge on any atom is -0.493 e. The summed E-state index contributed by atoms with van der Waals surface area (Å²) in [5.74, 6) is 1.95. The second kappa shape index (κ2) is 9.12. The Kier molecular flexibility index (Phi) is 6.02. The van der Waals surface area contributed by atoms with Crippen LogP contribution in [0.4, 0.5) is 0 Å². The van der Waals surface area contributed by atoms with Crippen molar-refractivity contribution < 1.29 is 19.3 Å². The van der Waals surface area contributed by atoms with E-state index in [1.807, 2.05) is 30.3 Å². The molecular formula is C26H26N2O5S. The van der Waals surface area contributed by atoms with E-state index in [-0.39, 0.29) is 5.56 Å². The number of aliphatic hydroxyl groups excluding tert-OH is 1. The second-order valence-corrected chi connectivity index (χ2v) is 9.29. The summed E-state index contributed by atoms with van der Waals surface area (Å²) in [6.45, 7) is 0.363. The van der Waals surface area contributed by atoms with Gasteiger partial charge in [0.2, 0.25) is 5.75 Å². The number of fused-ring (bicyclic) bond motifs is 3. The maximum atomic E-state index is 14.0. The average molecular weight is 479 g/mol. The van der Waals surface area contributed by atoms with E-state index in [4.69, 9.17) is 19.2 Å². The molecule has 1 N–H and O–H groups in total. The molecule has 1 aliphatic carbocycles. The summed E-state index contributed by atoms with van der Waals surface area (Å²) in [6, 6.07) is 13.4. The molecule has 2 aromatic heterocycles. The van der Waals surface area contributed by atoms with Crippen LogP contribution in [-0.2, 0) is 13.0 Å². The van der Waals surface area contributed by atoms with Crippen molar-refractivity contribution in [2.45, 2.75) is 31.9 Å². The lowest BCUT2D eigenvalue weighted by Crippen LogP contribution is -2.24. The van der Waals surface area contributed by atoms with Crippen LogP contribution in [0.5, 0.6) is 17.2 Å². The number of nitrogens with zero attached hydrogens (tertiary/aromatic N) is 2. The molecule has 1 unspecified atom stereocenters. The van der Waals surface area contributed by atoms with E-state index in [1.165, 1.54) is 11.3 Å². The van der Waals surface area contributed by atoms with Gasteiger partial charge >= 0.3 is 0 Å². The molecule has 7 nitrogen and oxygen atoms in total. The molecule has 0 aliphatic heterocycles. The smallest absolute Gasteiger partial charge is 0.263 e. The van der Waals surface area contributed by atoms with Gasteiger partial charge in [-0.3, -0.25) is 9.36 Å². The third-order valence-corrected chi connectivity index (χ3v) is 7.48. The Morgan fingerprint density at radius 3 is 2.44 bits per heavy atom. The Balaban J connectivity index is 1.80. The minimum atomic E-state index is -0.547. The molecule has 34 heavy (non-hydrogen) atoms. The van der Waals surface area contributed by atoms with E-state index in [0.717, 1.165) is 28.8 Å². The zero-order chi connectivity index (χ0) is 23.8. The summed E-state index contributed by atoms with van der Waals surface area (Å²) in [7, 11) is 4.67. The number of aliphatic hydroxyl groups is 1. The Morgan fingerprint density at radius 2 is 1.79 bits per heavy atom. The standard InChI is InChI=1S/C26H26N2O5S/c1-31-19-12-16(13-20(32-2)22(19)33-3)24-27-25-21(17-10-7-11-18(29)23(17)34-25)26(30)28(24)14-15-8-5-4-6-9-15/h4-6,8-9,12-13,18,29H,7,10-11,14H2,1-3H3. The van der Waals surface area contributed by atoms with E-state index >= 15 is 0 Å². The molecule has 8 heteroatoms. The fraction of sp³-hybridized carbons (Fsp3) is 0.308. The van der Waals surface area contributed by atoms with Gasteiger partial charge in [-0.05, 0) is 42.5 Å². The van der Waals surface area contributed by atoms with Crippen LogP contribution in [0.2, 0.25) is 0 Å². The summed E-state index contributed by atoms with van der Waals surface area (Å²) in [5.41, 5.74) is 2.50. The molecule has 2 heterocycles. The fourth-order valence-electron chi connectivity index (χ4n) is 4.62. The van der Waals surface area contributed by atoms with E-state index in [1.54, 1.807) is 38.0 Å². The first kappa shape index (κ1) is 22.4. The van der Waals surface area contributed by atoms with Crippen molar-refractivity contribution >= 4 is 21.6 Å². The number of hydrogen-bond donors (Lipinski definition) is 1. The van der Waals surface area contributed by atoms with E-state index < -0.39 is 6.10 Å². The summed E-state index contributed by atoms with van der Waals surface area (Å²) in [5, 5.41) is 11.2. The first-order chi connectivity index (χ1) is 16.5. The molecule has 0 saturated carbocycles. The van der Waals surface area contributed by atoms with Crippen molar-refractivity contribution in [2.24, 2.45) is 0 Å². The molecular weight excluding hydrogens is 452 g/mol. The number of aromatic nitrogens is 2. The van der Waals surface area contributed by atoms with Crippen LogP contribution in [0.1, 0.15) is 34.9 Å². The molecule has 0 bridgehead atoms. The highest BCUT2D eigenvalue weighted by Crippen LogP contribution is 2.43. The van der Waals surface area contributed by atoms with Gasteiger partial charge in [-0.25, -0.2) is 4.98 Å². The normalized spacial score (nSPS) is 15.2. The maximum Gasteiger partial charge on any atom is 0.263 e. The van der Waals surface area contributed by atoms with Crippen molar-refractivity contribution in [3.05, 3.63) is 68.8 Å². The van der Waals surface area contributed by atoms with Crippen LogP contribution in [0.25, 0.3) is 21.6 Å². The van der Waals surface area contributed by atoms with Gasteiger partial charge in [0, 0.05) is 10.4 Å². The number of methoxy groups -OCH3 is 3. The Hall–Kier alpha value is -3.36. The fourth-order valence-corrected chi connectivity index (χ4v) is 5.85. The molecule has 0 radical (unpaired) electrons. The SMILES string of the molecule is COc1cc(-c2nc3sc4c(c3c(=O)n2Cc2ccccc2)CCCC4O)cc(OC)c1OC. The van der Waals surface area contributed by atoms with E-state index in [2.05, 4.69) is 0 Å². The third-order valence-electron chi connectivity index (χ3n) is 6.26. The largest absolute Gasteiger partial charge is 0.493 e. The topological polar surface area (TPSA) is 82.8 Å². The van der Waals surface area contributed by atoms with Crippen molar-refractivity contribution in [2.75, 3.05) is 21.3 Å². The highest BCUT2D eigenvalue weighted by atomic mass is 32.1. The van der Waals surface area contributed by atoms with Gasteiger partial charge in [-0.1, -0.05) is 30.3 Å². The van der Waals surface area contributed by atoms with Crippen molar-refractivity contribution in [1.29, 1.82) is 0 Å². The lowest BCUT2D eigenvalue weighted by atomic mass is 9.95. The highest BCUT2D eigenvalue weighted by molar-refractivity contribution is 7.18. The molecule has 0 saturated heterocycles. The number of hydrogen-bond acceptors (Lipinski definition) is 7. The van der Waals surface area contributed by atoms with Crippen LogP contribution in [0, 0.1) is 0 Å². The maximum absolute atomic E-state index is 14.0. The Bertz CT molecular complexity index is 1390. The molecule has 0 amide bonds. The van der Waals surface area contributed by atoms with Crippen LogP contribution in [0.15, 0.2) is 47.3 Å². The summed E-state index contributed by atoms with van der Waals surface area (Å²) in [6.07, 6.45) is 1.79. The number of thiophene rings is 1. The molecule has 1 atom stereocenters. The van der Waals surface area contributed by atoms with Crippen LogP contribution >= 0.6 is 11.3 Å². The van der Waals surface area contributed by atoms with Gasteiger partial charge in [0.25, 0.3) is 5.56 Å². The van der Waals surface area contributed by atoms with Gasteiger partial charge in [0.05, 0.1) is 39.4 Å². The number of ether oxygens (including phenoxy) is 3. The molecule has 1 aliphatic rings. The molecule has 4 aromatic rings. The van der Waals surface area contributed by atoms with Crippen molar-refractivity contribution in [1.82, 2.24) is 9.55 Å². The van der Waals surface area contributed by atoms with Crippen molar-refractivity contribution in [3.63, 3.8) is 0 Å². The summed E-state index contributed by atoms with van der Waals surface area (Å²) in [4.78, 5) is 20.4. The van der Waals surface area contributed by atoms with E-state index in [0.29, 0.717) is 51.8 Å². The van der Waals surface area contributed by atoms with Gasteiger partial charge in [0.1, 0.15) is 10.7 Å². The lowest BCUT2D eigenvalue weighted by molar-refractivity contribution is 0.161. The van der Waals surface area contributed by atoms with Gasteiger partial charge in [-0.2, -0.15) is 0 Å². The first-order valence-electron chi connectivity index (χ1n) is 11.1. The zero-order valence-electron chi connectivity index (χ0n) is 19.3. The monoisotopic (exact) mass is 478 g/mol. The first-order valence-corrected chi connectivity index (χ1v) is 12.0. The minimum absolute atomic E-state index is 0.107. The summed E-state index contributed by atoms with van der Waals surface area (Å²) < 4.78 is 18.3. The molecule has 0 spiro atoms. The Morgan fingerprint density at radius 1 is 1.09 bits per heavy atom. The highest BCUT2D eigenvalue weighted by Gasteiger charge is 2.27. The average Bonchev–Trinajstić information content (AvgIpc) is 3.25. The van der Waals surface area contributed by atoms with Crippen molar-refractivity contribution in [3.8, 4) is 28.6 Å². The van der Waals surface area contributed by atoms with Gasteiger partial charge < -0.3 is 19.3 Å². The van der Waals surface area contributed by atoms with Gasteiger partial charge in [0.15, 0.2) is 11.5 Å². The number of rotatable bonds is 6. The van der Waals surface area contributed by atoms with Crippen LogP contribution in [-0.4, -0.2) is 36.0 Å². The summed E-state index contributed by atoms with van der Waals surface area (Å²) >= 11 is 1.41. The molecule has 2 aromatic carbocycles. The number of aryl methyl sites for hydroxylation is 1. The predicted molar refractivity (Wildman–Crippen MR) is 132 cm³/mol. The van der Waals surface area contributed by atoms with Crippen LogP contribution < -0.4 is 19.8 Å². The van der Waals surface area contributed by atoms with Gasteiger partial charge in [-0.15, -0.1) is 11.3 Å². The predicted octanol–water partition coefficient (Wildman–Crippen LogP) is 4.57. The zero-order valence-corrected chi connectivity index (χ0v) is 20.1. The molecule has 0 fully saturated rings. The van der Waals surface area contributed by atoms with Crippen LogP contribution in [0.3, 0.4) is 0 Å². The number of benzene rings is 2. The van der Waals surface area contributed by atoms with E-state index in [9.17, 15) is 9.90 Å². The molecule has 5 rings (SSSR count). The second-order valence-electron chi connectivity index (χ2n) is 8.26. The third kappa shape index (κ3) is 3.73. The quantitative estimate of drug-likeness (QED) is 0.437. The molecule has 176 valence electrons. The lowest BCUT2D eigenvalue weighted by Gasteiger charge is -2.18. The Labute approximate surface area is 201 Å².